The second-order valence-corrected chi connectivity index (χ2v) is 5.37. The van der Waals surface area contributed by atoms with Gasteiger partial charge in [0.25, 0.3) is 0 Å². The molecule has 0 unspecified atom stereocenters. The first-order chi connectivity index (χ1) is 9.58. The number of nitrogens with one attached hydrogen (secondary N) is 1. The summed E-state index contributed by atoms with van der Waals surface area (Å²) >= 11 is 7.08. The molecule has 0 saturated heterocycles. The van der Waals surface area contributed by atoms with E-state index in [9.17, 15) is 9.18 Å². The van der Waals surface area contributed by atoms with Gasteiger partial charge in [-0.15, -0.1) is 11.3 Å². The minimum Gasteiger partial charge on any atom is -0.378 e. The maximum absolute atomic E-state index is 13.0. The van der Waals surface area contributed by atoms with Crippen molar-refractivity contribution in [2.45, 2.75) is 13.0 Å². The third-order valence-electron chi connectivity index (χ3n) is 2.41. The van der Waals surface area contributed by atoms with Gasteiger partial charge in [-0.1, -0.05) is 11.6 Å². The van der Waals surface area contributed by atoms with E-state index in [1.165, 1.54) is 29.5 Å². The Morgan fingerprint density at radius 1 is 1.55 bits per heavy atom. The Labute approximate surface area is 124 Å². The third-order valence-corrected chi connectivity index (χ3v) is 3.57. The molecule has 4 nitrogen and oxygen atoms in total. The molecular weight excluding hydrogens is 303 g/mol. The molecule has 0 aliphatic carbocycles. The molecule has 1 heterocycles. The van der Waals surface area contributed by atoms with E-state index in [4.69, 9.17) is 16.3 Å². The molecule has 0 saturated carbocycles. The molecule has 2 rings (SSSR count). The molecule has 2 aromatic rings. The second-order valence-electron chi connectivity index (χ2n) is 4.02. The lowest BCUT2D eigenvalue weighted by molar-refractivity contribution is -0.115. The summed E-state index contributed by atoms with van der Waals surface area (Å²) < 4.78 is 18.0. The number of thiazole rings is 1. The van der Waals surface area contributed by atoms with Crippen molar-refractivity contribution in [3.63, 3.8) is 0 Å². The summed E-state index contributed by atoms with van der Waals surface area (Å²) in [5, 5.41) is 5.24. The number of amides is 1. The lowest BCUT2D eigenvalue weighted by Crippen LogP contribution is -2.14. The van der Waals surface area contributed by atoms with Crippen LogP contribution >= 0.6 is 22.9 Å². The Morgan fingerprint density at radius 2 is 2.35 bits per heavy atom. The Hall–Kier alpha value is -1.50. The highest BCUT2D eigenvalue weighted by Gasteiger charge is 2.09. The van der Waals surface area contributed by atoms with E-state index in [2.05, 4.69) is 10.3 Å². The summed E-state index contributed by atoms with van der Waals surface area (Å²) in [6.45, 7) is 0.430. The first kappa shape index (κ1) is 14.9. The van der Waals surface area contributed by atoms with Gasteiger partial charge >= 0.3 is 0 Å². The largest absolute Gasteiger partial charge is 0.378 e. The van der Waals surface area contributed by atoms with Gasteiger partial charge in [-0.3, -0.25) is 4.79 Å². The molecule has 0 aliphatic rings. The van der Waals surface area contributed by atoms with Crippen LogP contribution < -0.4 is 5.32 Å². The molecule has 1 amide bonds. The highest BCUT2D eigenvalue weighted by Crippen LogP contribution is 2.19. The van der Waals surface area contributed by atoms with E-state index < -0.39 is 5.82 Å². The first-order valence-corrected chi connectivity index (χ1v) is 7.01. The zero-order chi connectivity index (χ0) is 14.5. The summed E-state index contributed by atoms with van der Waals surface area (Å²) in [6.07, 6.45) is 0.148. The smallest absolute Gasteiger partial charge is 0.230 e. The second kappa shape index (κ2) is 6.78. The van der Waals surface area contributed by atoms with Crippen molar-refractivity contribution in [2.24, 2.45) is 0 Å². The number of hydrogen-bond donors (Lipinski definition) is 1. The van der Waals surface area contributed by atoms with E-state index in [1.54, 1.807) is 7.11 Å². The molecule has 106 valence electrons. The van der Waals surface area contributed by atoms with Crippen LogP contribution in [0.4, 0.5) is 10.1 Å². The number of ether oxygens (including phenoxy) is 1. The molecule has 0 atom stereocenters. The first-order valence-electron chi connectivity index (χ1n) is 5.75. The van der Waals surface area contributed by atoms with Crippen molar-refractivity contribution in [3.8, 4) is 0 Å². The number of rotatable bonds is 5. The third kappa shape index (κ3) is 4.00. The number of halogens is 2. The Bertz CT molecular complexity index is 618. The van der Waals surface area contributed by atoms with Crippen LogP contribution in [0.1, 0.15) is 10.7 Å². The van der Waals surface area contributed by atoms with E-state index in [0.29, 0.717) is 18.0 Å². The van der Waals surface area contributed by atoms with Gasteiger partial charge in [-0.2, -0.15) is 0 Å². The molecule has 0 bridgehead atoms. The predicted molar refractivity (Wildman–Crippen MR) is 76.6 cm³/mol. The maximum Gasteiger partial charge on any atom is 0.230 e. The maximum atomic E-state index is 13.0. The van der Waals surface area contributed by atoms with Gasteiger partial charge in [0.2, 0.25) is 5.91 Å². The Balaban J connectivity index is 1.95. The summed E-state index contributed by atoms with van der Waals surface area (Å²) in [5.74, 6) is -0.754. The minimum absolute atomic E-state index is 0.0289. The number of carbonyl (C=O) groups excluding carboxylic acids is 1. The summed E-state index contributed by atoms with van der Waals surface area (Å²) in [6, 6.07) is 4.03. The molecule has 0 radical (unpaired) electrons. The van der Waals surface area contributed by atoms with Crippen LogP contribution in [0.5, 0.6) is 0 Å². The van der Waals surface area contributed by atoms with Crippen LogP contribution in [0, 0.1) is 5.82 Å². The predicted octanol–water partition coefficient (Wildman–Crippen LogP) is 3.26. The SMILES string of the molecule is COCc1nc(CC(=O)Nc2ccc(F)c(Cl)c2)cs1. The van der Waals surface area contributed by atoms with Crippen LogP contribution in [0.2, 0.25) is 5.02 Å². The lowest BCUT2D eigenvalue weighted by atomic mass is 10.2. The monoisotopic (exact) mass is 314 g/mol. The lowest BCUT2D eigenvalue weighted by Gasteiger charge is -2.04. The minimum atomic E-state index is -0.520. The fourth-order valence-electron chi connectivity index (χ4n) is 1.56. The van der Waals surface area contributed by atoms with E-state index in [0.717, 1.165) is 5.01 Å². The number of methoxy groups -OCH3 is 1. The van der Waals surface area contributed by atoms with E-state index in [-0.39, 0.29) is 17.4 Å². The van der Waals surface area contributed by atoms with Crippen LogP contribution in [0.15, 0.2) is 23.6 Å². The average molecular weight is 315 g/mol. The quantitative estimate of drug-likeness (QED) is 0.921. The van der Waals surface area contributed by atoms with Crippen molar-refractivity contribution >= 4 is 34.5 Å². The molecule has 1 aromatic carbocycles. The van der Waals surface area contributed by atoms with Crippen molar-refractivity contribution < 1.29 is 13.9 Å². The fraction of sp³-hybridized carbons (Fsp3) is 0.231. The van der Waals surface area contributed by atoms with Crippen LogP contribution in [0.25, 0.3) is 0 Å². The number of benzene rings is 1. The number of hydrogen-bond acceptors (Lipinski definition) is 4. The number of aromatic nitrogens is 1. The van der Waals surface area contributed by atoms with Gasteiger partial charge in [-0.05, 0) is 18.2 Å². The van der Waals surface area contributed by atoms with Gasteiger partial charge in [-0.25, -0.2) is 9.37 Å². The molecule has 0 fully saturated rings. The normalized spacial score (nSPS) is 10.6. The molecule has 0 aliphatic heterocycles. The van der Waals surface area contributed by atoms with Crippen LogP contribution in [0.3, 0.4) is 0 Å². The van der Waals surface area contributed by atoms with Gasteiger partial charge in [0, 0.05) is 18.2 Å². The molecule has 1 N–H and O–H groups in total. The zero-order valence-corrected chi connectivity index (χ0v) is 12.2. The summed E-state index contributed by atoms with van der Waals surface area (Å²) in [4.78, 5) is 16.1. The highest BCUT2D eigenvalue weighted by molar-refractivity contribution is 7.09. The van der Waals surface area contributed by atoms with Gasteiger partial charge in [0.1, 0.15) is 10.8 Å². The average Bonchev–Trinajstić information content (AvgIpc) is 2.81. The Kier molecular flexibility index (Phi) is 5.05. The number of carbonyl (C=O) groups is 1. The molecule has 7 heteroatoms. The van der Waals surface area contributed by atoms with Gasteiger partial charge in [0.15, 0.2) is 0 Å². The molecule has 0 spiro atoms. The van der Waals surface area contributed by atoms with Crippen molar-refractivity contribution in [1.82, 2.24) is 4.98 Å². The summed E-state index contributed by atoms with van der Waals surface area (Å²) in [5.41, 5.74) is 1.13. The molecule has 20 heavy (non-hydrogen) atoms. The zero-order valence-electron chi connectivity index (χ0n) is 10.7. The number of anilines is 1. The molecule has 1 aromatic heterocycles. The Morgan fingerprint density at radius 3 is 3.05 bits per heavy atom. The summed E-state index contributed by atoms with van der Waals surface area (Å²) in [7, 11) is 1.59. The molecular formula is C13H12ClFN2O2S. The van der Waals surface area contributed by atoms with Crippen molar-refractivity contribution in [3.05, 3.63) is 45.1 Å². The van der Waals surface area contributed by atoms with Crippen molar-refractivity contribution in [2.75, 3.05) is 12.4 Å². The fourth-order valence-corrected chi connectivity index (χ4v) is 2.51. The van der Waals surface area contributed by atoms with Gasteiger partial charge in [0.05, 0.1) is 23.7 Å². The van der Waals surface area contributed by atoms with Crippen LogP contribution in [-0.2, 0) is 22.6 Å². The van der Waals surface area contributed by atoms with Crippen molar-refractivity contribution in [1.29, 1.82) is 0 Å². The topological polar surface area (TPSA) is 51.2 Å². The van der Waals surface area contributed by atoms with E-state index >= 15 is 0 Å². The number of nitrogens with zero attached hydrogens (tertiary/aromatic N) is 1. The van der Waals surface area contributed by atoms with Gasteiger partial charge < -0.3 is 10.1 Å². The standard InChI is InChI=1S/C13H12ClFN2O2S/c1-19-6-13-17-9(7-20-13)5-12(18)16-8-2-3-11(15)10(14)4-8/h2-4,7H,5-6H2,1H3,(H,16,18). The van der Waals surface area contributed by atoms with Crippen LogP contribution in [-0.4, -0.2) is 18.0 Å². The highest BCUT2D eigenvalue weighted by atomic mass is 35.5. The van der Waals surface area contributed by atoms with E-state index in [1.807, 2.05) is 5.38 Å².